The van der Waals surface area contributed by atoms with E-state index in [1.165, 1.54) is 6.07 Å². The van der Waals surface area contributed by atoms with Crippen molar-refractivity contribution < 1.29 is 13.9 Å². The van der Waals surface area contributed by atoms with Crippen molar-refractivity contribution in [3.05, 3.63) is 65.0 Å². The first kappa shape index (κ1) is 13.8. The van der Waals surface area contributed by atoms with Gasteiger partial charge in [0.1, 0.15) is 11.6 Å². The van der Waals surface area contributed by atoms with Crippen LogP contribution in [0.3, 0.4) is 0 Å². The van der Waals surface area contributed by atoms with Crippen molar-refractivity contribution in [2.24, 2.45) is 0 Å². The van der Waals surface area contributed by atoms with Gasteiger partial charge in [0.15, 0.2) is 5.78 Å². The Kier molecular flexibility index (Phi) is 3.74. The van der Waals surface area contributed by atoms with Gasteiger partial charge in [-0.2, -0.15) is 0 Å². The second kappa shape index (κ2) is 5.68. The molecule has 108 valence electrons. The van der Waals surface area contributed by atoms with Crippen LogP contribution in [-0.4, -0.2) is 12.4 Å². The first-order valence-corrected chi connectivity index (χ1v) is 7.16. The summed E-state index contributed by atoms with van der Waals surface area (Å²) >= 11 is 0. The number of rotatable bonds is 3. The number of halogens is 1. The van der Waals surface area contributed by atoms with Crippen LogP contribution in [0.15, 0.2) is 42.5 Å². The molecule has 1 heterocycles. The third kappa shape index (κ3) is 2.82. The minimum absolute atomic E-state index is 0.0994. The summed E-state index contributed by atoms with van der Waals surface area (Å²) in [5, 5.41) is 0. The third-order valence-electron chi connectivity index (χ3n) is 3.94. The van der Waals surface area contributed by atoms with Gasteiger partial charge in [0, 0.05) is 6.42 Å². The summed E-state index contributed by atoms with van der Waals surface area (Å²) in [6.45, 7) is 2.46. The average Bonchev–Trinajstić information content (AvgIpc) is 2.50. The second-order valence-corrected chi connectivity index (χ2v) is 5.48. The van der Waals surface area contributed by atoms with E-state index in [0.717, 1.165) is 23.3 Å². The summed E-state index contributed by atoms with van der Waals surface area (Å²) in [5.74, 6) is 0.359. The zero-order valence-electron chi connectivity index (χ0n) is 11.9. The van der Waals surface area contributed by atoms with E-state index in [9.17, 15) is 9.18 Å². The van der Waals surface area contributed by atoms with Gasteiger partial charge in [-0.05, 0) is 43.0 Å². The smallest absolute Gasteiger partial charge is 0.166 e. The molecule has 2 nitrogen and oxygen atoms in total. The summed E-state index contributed by atoms with van der Waals surface area (Å²) in [6.07, 6.45) is 1.11. The van der Waals surface area contributed by atoms with E-state index < -0.39 is 5.82 Å². The van der Waals surface area contributed by atoms with Crippen LogP contribution in [0.25, 0.3) is 0 Å². The molecule has 0 radical (unpaired) electrons. The summed E-state index contributed by atoms with van der Waals surface area (Å²) in [6, 6.07) is 12.4. The van der Waals surface area contributed by atoms with E-state index in [2.05, 4.69) is 0 Å². The Balaban J connectivity index is 1.84. The van der Waals surface area contributed by atoms with Crippen LogP contribution in [0.4, 0.5) is 4.39 Å². The van der Waals surface area contributed by atoms with Gasteiger partial charge in [0.05, 0.1) is 12.2 Å². The number of carbonyl (C=O) groups excluding carboxylic acids is 1. The molecule has 0 aliphatic carbocycles. The molecule has 21 heavy (non-hydrogen) atoms. The van der Waals surface area contributed by atoms with Crippen LogP contribution in [0, 0.1) is 12.7 Å². The lowest BCUT2D eigenvalue weighted by atomic mass is 9.87. The second-order valence-electron chi connectivity index (χ2n) is 5.48. The molecular formula is C18H17FO2. The Labute approximate surface area is 123 Å². The lowest BCUT2D eigenvalue weighted by Crippen LogP contribution is -2.17. The molecule has 0 spiro atoms. The van der Waals surface area contributed by atoms with Gasteiger partial charge >= 0.3 is 0 Å². The highest BCUT2D eigenvalue weighted by Crippen LogP contribution is 2.36. The summed E-state index contributed by atoms with van der Waals surface area (Å²) in [5.41, 5.74) is 2.14. The van der Waals surface area contributed by atoms with Crippen molar-refractivity contribution in [2.45, 2.75) is 25.7 Å². The van der Waals surface area contributed by atoms with Crippen LogP contribution in [-0.2, 0) is 0 Å². The molecule has 1 aliphatic rings. The lowest BCUT2D eigenvalue weighted by molar-refractivity contribution is 0.0962. The average molecular weight is 284 g/mol. The van der Waals surface area contributed by atoms with E-state index >= 15 is 0 Å². The van der Waals surface area contributed by atoms with E-state index in [1.54, 1.807) is 12.1 Å². The number of ketones is 1. The van der Waals surface area contributed by atoms with Crippen LogP contribution < -0.4 is 4.74 Å². The van der Waals surface area contributed by atoms with Gasteiger partial charge in [0.2, 0.25) is 0 Å². The molecule has 1 atom stereocenters. The fourth-order valence-electron chi connectivity index (χ4n) is 2.81. The number of carbonyl (C=O) groups is 1. The lowest BCUT2D eigenvalue weighted by Gasteiger charge is -2.25. The normalized spacial score (nSPS) is 17.0. The summed E-state index contributed by atoms with van der Waals surface area (Å²) < 4.78 is 19.4. The number of para-hydroxylation sites is 1. The first-order valence-electron chi connectivity index (χ1n) is 7.16. The summed E-state index contributed by atoms with van der Waals surface area (Å²) in [7, 11) is 0. The van der Waals surface area contributed by atoms with Crippen molar-refractivity contribution >= 4 is 5.78 Å². The van der Waals surface area contributed by atoms with Gasteiger partial charge in [-0.25, -0.2) is 4.39 Å². The van der Waals surface area contributed by atoms with Crippen LogP contribution in [0.1, 0.15) is 40.2 Å². The van der Waals surface area contributed by atoms with Gasteiger partial charge in [-0.1, -0.05) is 29.8 Å². The minimum atomic E-state index is -0.439. The number of hydrogen-bond donors (Lipinski definition) is 0. The van der Waals surface area contributed by atoms with Crippen molar-refractivity contribution in [1.29, 1.82) is 0 Å². The van der Waals surface area contributed by atoms with Crippen molar-refractivity contribution in [3.63, 3.8) is 0 Å². The molecule has 2 aromatic carbocycles. The number of ether oxygens (including phenoxy) is 1. The number of fused-ring (bicyclic) bond motifs is 1. The zero-order valence-corrected chi connectivity index (χ0v) is 11.9. The quantitative estimate of drug-likeness (QED) is 0.787. The Morgan fingerprint density at radius 1 is 1.29 bits per heavy atom. The van der Waals surface area contributed by atoms with Crippen molar-refractivity contribution in [1.82, 2.24) is 0 Å². The van der Waals surface area contributed by atoms with Crippen LogP contribution in [0.2, 0.25) is 0 Å². The highest BCUT2D eigenvalue weighted by Gasteiger charge is 2.25. The molecule has 3 heteroatoms. The number of Topliss-reactive ketones (excluding diaryl/α,β-unsaturated/α-hetero) is 1. The van der Waals surface area contributed by atoms with E-state index in [4.69, 9.17) is 4.74 Å². The fourth-order valence-corrected chi connectivity index (χ4v) is 2.81. The molecule has 0 saturated heterocycles. The predicted molar refractivity (Wildman–Crippen MR) is 79.4 cm³/mol. The molecule has 0 bridgehead atoms. The van der Waals surface area contributed by atoms with E-state index in [0.29, 0.717) is 13.0 Å². The topological polar surface area (TPSA) is 26.3 Å². The minimum Gasteiger partial charge on any atom is -0.493 e. The predicted octanol–water partition coefficient (Wildman–Crippen LogP) is 4.27. The Morgan fingerprint density at radius 2 is 2.10 bits per heavy atom. The number of hydrogen-bond acceptors (Lipinski definition) is 2. The van der Waals surface area contributed by atoms with Gasteiger partial charge in [-0.3, -0.25) is 4.79 Å². The summed E-state index contributed by atoms with van der Waals surface area (Å²) in [4.78, 5) is 12.4. The Hall–Kier alpha value is -2.16. The Bertz CT molecular complexity index is 679. The molecule has 1 aliphatic heterocycles. The van der Waals surface area contributed by atoms with E-state index in [1.807, 2.05) is 31.2 Å². The largest absolute Gasteiger partial charge is 0.493 e. The monoisotopic (exact) mass is 284 g/mol. The molecule has 0 N–H and O–H groups in total. The third-order valence-corrected chi connectivity index (χ3v) is 3.94. The molecule has 2 aromatic rings. The molecule has 0 aromatic heterocycles. The van der Waals surface area contributed by atoms with Gasteiger partial charge < -0.3 is 4.74 Å². The van der Waals surface area contributed by atoms with Crippen molar-refractivity contribution in [2.75, 3.05) is 6.61 Å². The fraction of sp³-hybridized carbons (Fsp3) is 0.278. The van der Waals surface area contributed by atoms with Crippen molar-refractivity contribution in [3.8, 4) is 5.75 Å². The molecule has 0 fully saturated rings. The number of benzene rings is 2. The van der Waals surface area contributed by atoms with Gasteiger partial charge in [-0.15, -0.1) is 0 Å². The molecule has 0 saturated carbocycles. The maximum Gasteiger partial charge on any atom is 0.166 e. The maximum atomic E-state index is 13.8. The highest BCUT2D eigenvalue weighted by atomic mass is 19.1. The molecule has 3 rings (SSSR count). The number of aryl methyl sites for hydroxylation is 1. The highest BCUT2D eigenvalue weighted by molar-refractivity contribution is 5.97. The SMILES string of the molecule is Cc1ccc(F)c(C(=O)CC2CCOc3ccccc32)c1. The van der Waals surface area contributed by atoms with E-state index in [-0.39, 0.29) is 17.3 Å². The van der Waals surface area contributed by atoms with Crippen LogP contribution >= 0.6 is 0 Å². The maximum absolute atomic E-state index is 13.8. The first-order chi connectivity index (χ1) is 10.1. The van der Waals surface area contributed by atoms with Crippen LogP contribution in [0.5, 0.6) is 5.75 Å². The standard InChI is InChI=1S/C18H17FO2/c1-12-6-7-16(19)15(10-12)17(20)11-13-8-9-21-18-5-3-2-4-14(13)18/h2-7,10,13H,8-9,11H2,1H3. The van der Waals surface area contributed by atoms with Gasteiger partial charge in [0.25, 0.3) is 0 Å². The zero-order chi connectivity index (χ0) is 14.8. The molecule has 0 amide bonds. The molecular weight excluding hydrogens is 267 g/mol. The Morgan fingerprint density at radius 3 is 2.95 bits per heavy atom. The molecule has 1 unspecified atom stereocenters.